The minimum atomic E-state index is -0.669. The fourth-order valence-corrected chi connectivity index (χ4v) is 1.72. The molecule has 90 valence electrons. The molecule has 1 aromatic carbocycles. The van der Waals surface area contributed by atoms with Crippen molar-refractivity contribution in [3.8, 4) is 17.6 Å². The van der Waals surface area contributed by atoms with E-state index >= 15 is 0 Å². The minimum Gasteiger partial charge on any atom is -0.473 e. The number of rotatable bonds is 3. The second-order valence-electron chi connectivity index (χ2n) is 3.12. The van der Waals surface area contributed by atoms with Gasteiger partial charge in [-0.2, -0.15) is 0 Å². The van der Waals surface area contributed by atoms with E-state index < -0.39 is 10.7 Å². The molecule has 0 aliphatic carbocycles. The Kier molecular flexibility index (Phi) is 4.46. The van der Waals surface area contributed by atoms with Crippen LogP contribution in [-0.4, -0.2) is 11.5 Å². The molecule has 0 saturated carbocycles. The Bertz CT molecular complexity index is 520. The highest BCUT2D eigenvalue weighted by Gasteiger charge is 2.25. The van der Waals surface area contributed by atoms with Crippen molar-refractivity contribution in [3.05, 3.63) is 32.0 Å². The highest BCUT2D eigenvalue weighted by molar-refractivity contribution is 9.10. The summed E-state index contributed by atoms with van der Waals surface area (Å²) in [7, 11) is 0. The molecule has 1 rings (SSSR count). The highest BCUT2D eigenvalue weighted by Crippen LogP contribution is 2.39. The van der Waals surface area contributed by atoms with Crippen LogP contribution in [0.25, 0.3) is 0 Å². The van der Waals surface area contributed by atoms with Crippen molar-refractivity contribution in [2.45, 2.75) is 13.8 Å². The van der Waals surface area contributed by atoms with Crippen molar-refractivity contribution in [2.24, 2.45) is 0 Å². The average Bonchev–Trinajstić information content (AvgIpc) is 2.25. The molecule has 0 saturated heterocycles. The van der Waals surface area contributed by atoms with E-state index in [2.05, 4.69) is 27.8 Å². The normalized spacial score (nSPS) is 9.41. The van der Waals surface area contributed by atoms with Gasteiger partial charge >= 0.3 is 5.69 Å². The quantitative estimate of drug-likeness (QED) is 0.489. The van der Waals surface area contributed by atoms with Gasteiger partial charge in [0.15, 0.2) is 0 Å². The number of nitrogens with zero attached hydrogens (tertiary/aromatic N) is 1. The van der Waals surface area contributed by atoms with Crippen LogP contribution in [-0.2, 0) is 0 Å². The number of hydrogen-bond acceptors (Lipinski definition) is 3. The summed E-state index contributed by atoms with van der Waals surface area (Å²) in [5, 5.41) is 10.9. The minimum absolute atomic E-state index is 0.00310. The Hall–Kier alpha value is -1.61. The van der Waals surface area contributed by atoms with Crippen molar-refractivity contribution in [1.82, 2.24) is 0 Å². The first kappa shape index (κ1) is 13.5. The Labute approximate surface area is 106 Å². The van der Waals surface area contributed by atoms with E-state index in [1.54, 1.807) is 6.92 Å². The molecule has 0 heterocycles. The first-order valence-electron chi connectivity index (χ1n) is 4.64. The molecular formula is C11H9BrFNO3. The van der Waals surface area contributed by atoms with E-state index in [0.717, 1.165) is 6.07 Å². The predicted octanol–water partition coefficient (Wildman–Crippen LogP) is 3.21. The third kappa shape index (κ3) is 2.94. The summed E-state index contributed by atoms with van der Waals surface area (Å²) in [4.78, 5) is 10.2. The largest absolute Gasteiger partial charge is 0.473 e. The number of benzene rings is 1. The average molecular weight is 302 g/mol. The van der Waals surface area contributed by atoms with Gasteiger partial charge in [0.05, 0.1) is 15.0 Å². The summed E-state index contributed by atoms with van der Waals surface area (Å²) < 4.78 is 18.7. The molecule has 4 nitrogen and oxygen atoms in total. The van der Waals surface area contributed by atoms with Gasteiger partial charge in [-0.1, -0.05) is 5.92 Å². The van der Waals surface area contributed by atoms with E-state index in [0.29, 0.717) is 0 Å². The van der Waals surface area contributed by atoms with Gasteiger partial charge in [-0.15, -0.1) is 5.92 Å². The van der Waals surface area contributed by atoms with E-state index in [1.807, 2.05) is 0 Å². The lowest BCUT2D eigenvalue weighted by molar-refractivity contribution is -0.386. The molecule has 0 N–H and O–H groups in total. The topological polar surface area (TPSA) is 52.4 Å². The van der Waals surface area contributed by atoms with Gasteiger partial charge in [0, 0.05) is 0 Å². The molecule has 0 spiro atoms. The van der Waals surface area contributed by atoms with Crippen molar-refractivity contribution in [3.63, 3.8) is 0 Å². The van der Waals surface area contributed by atoms with Crippen molar-refractivity contribution >= 4 is 21.6 Å². The standard InChI is InChI=1S/C11H9BrFNO3/c1-3-4-5-17-11-8(12)6-9(13)7(2)10(11)14(15)16/h6H,5H2,1-2H3. The summed E-state index contributed by atoms with van der Waals surface area (Å²) in [6.45, 7) is 2.97. The van der Waals surface area contributed by atoms with Gasteiger partial charge in [-0.05, 0) is 35.8 Å². The molecule has 0 bridgehead atoms. The monoisotopic (exact) mass is 301 g/mol. The van der Waals surface area contributed by atoms with Crippen LogP contribution >= 0.6 is 15.9 Å². The molecule has 0 unspecified atom stereocenters. The van der Waals surface area contributed by atoms with Crippen LogP contribution in [0.1, 0.15) is 12.5 Å². The zero-order valence-electron chi connectivity index (χ0n) is 9.21. The molecule has 0 fully saturated rings. The summed E-state index contributed by atoms with van der Waals surface area (Å²) in [5.41, 5.74) is -0.438. The second kappa shape index (κ2) is 5.64. The van der Waals surface area contributed by atoms with E-state index in [1.165, 1.54) is 6.92 Å². The lowest BCUT2D eigenvalue weighted by Crippen LogP contribution is -2.03. The molecular weight excluding hydrogens is 293 g/mol. The number of ether oxygens (including phenoxy) is 1. The molecule has 6 heteroatoms. The highest BCUT2D eigenvalue weighted by atomic mass is 79.9. The van der Waals surface area contributed by atoms with Crippen LogP contribution < -0.4 is 4.74 Å². The molecule has 0 atom stereocenters. The fraction of sp³-hybridized carbons (Fsp3) is 0.273. The van der Waals surface area contributed by atoms with E-state index in [9.17, 15) is 14.5 Å². The van der Waals surface area contributed by atoms with Gasteiger partial charge in [0.25, 0.3) is 0 Å². The van der Waals surface area contributed by atoms with Gasteiger partial charge in [0.2, 0.25) is 5.75 Å². The second-order valence-corrected chi connectivity index (χ2v) is 3.97. The summed E-state index contributed by atoms with van der Waals surface area (Å²) in [6, 6.07) is 1.14. The van der Waals surface area contributed by atoms with Crippen molar-refractivity contribution in [2.75, 3.05) is 6.61 Å². The zero-order valence-corrected chi connectivity index (χ0v) is 10.8. The Morgan fingerprint density at radius 3 is 2.82 bits per heavy atom. The zero-order chi connectivity index (χ0) is 13.0. The van der Waals surface area contributed by atoms with Crippen molar-refractivity contribution in [1.29, 1.82) is 0 Å². The number of nitro benzene ring substituents is 1. The third-order valence-electron chi connectivity index (χ3n) is 2.05. The molecule has 0 amide bonds. The van der Waals surface area contributed by atoms with Gasteiger partial charge in [-0.25, -0.2) is 4.39 Å². The lowest BCUT2D eigenvalue weighted by atomic mass is 10.2. The summed E-state index contributed by atoms with van der Waals surface area (Å²) >= 11 is 3.03. The molecule has 0 aliphatic rings. The predicted molar refractivity (Wildman–Crippen MR) is 64.4 cm³/mol. The van der Waals surface area contributed by atoms with Crippen LogP contribution in [0.5, 0.6) is 5.75 Å². The number of halogens is 2. The maximum atomic E-state index is 13.4. The summed E-state index contributed by atoms with van der Waals surface area (Å²) in [5.74, 6) is 4.55. The van der Waals surface area contributed by atoms with E-state index in [-0.39, 0.29) is 28.1 Å². The van der Waals surface area contributed by atoms with Crippen LogP contribution in [0.3, 0.4) is 0 Å². The molecule has 0 aromatic heterocycles. The van der Waals surface area contributed by atoms with Gasteiger partial charge in [0.1, 0.15) is 12.4 Å². The van der Waals surface area contributed by atoms with Crippen LogP contribution in [0.4, 0.5) is 10.1 Å². The molecule has 17 heavy (non-hydrogen) atoms. The number of hydrogen-bond donors (Lipinski definition) is 0. The fourth-order valence-electron chi connectivity index (χ4n) is 1.22. The number of nitro groups is 1. The van der Waals surface area contributed by atoms with Gasteiger partial charge in [-0.3, -0.25) is 10.1 Å². The van der Waals surface area contributed by atoms with E-state index in [4.69, 9.17) is 4.74 Å². The van der Waals surface area contributed by atoms with Crippen LogP contribution in [0.15, 0.2) is 10.5 Å². The lowest BCUT2D eigenvalue weighted by Gasteiger charge is -2.08. The SMILES string of the molecule is CC#CCOc1c(Br)cc(F)c(C)c1[N+](=O)[O-]. The van der Waals surface area contributed by atoms with Crippen LogP contribution in [0.2, 0.25) is 0 Å². The first-order valence-corrected chi connectivity index (χ1v) is 5.43. The van der Waals surface area contributed by atoms with Crippen molar-refractivity contribution < 1.29 is 14.1 Å². The Morgan fingerprint density at radius 2 is 2.29 bits per heavy atom. The summed E-state index contributed by atoms with van der Waals surface area (Å²) in [6.07, 6.45) is 0. The Morgan fingerprint density at radius 1 is 1.65 bits per heavy atom. The van der Waals surface area contributed by atoms with Crippen LogP contribution in [0, 0.1) is 34.7 Å². The maximum absolute atomic E-state index is 13.4. The third-order valence-corrected chi connectivity index (χ3v) is 2.64. The molecule has 1 aromatic rings. The first-order chi connectivity index (χ1) is 7.99. The smallest absolute Gasteiger partial charge is 0.317 e. The molecule has 0 aliphatic heterocycles. The maximum Gasteiger partial charge on any atom is 0.317 e. The van der Waals surface area contributed by atoms with Gasteiger partial charge < -0.3 is 4.74 Å². The molecule has 0 radical (unpaired) electrons. The Balaban J connectivity index is 3.29.